The summed E-state index contributed by atoms with van der Waals surface area (Å²) < 4.78 is 48.8. The molecule has 0 bridgehead atoms. The van der Waals surface area contributed by atoms with Crippen molar-refractivity contribution in [2.75, 3.05) is 20.8 Å². The number of nitrogens with zero attached hydrogens (tertiary/aromatic N) is 1. The Labute approximate surface area is 184 Å². The molecule has 4 aromatic rings. The summed E-state index contributed by atoms with van der Waals surface area (Å²) in [6.45, 7) is 1.04. The minimum Gasteiger partial charge on any atom is -0.496 e. The van der Waals surface area contributed by atoms with Gasteiger partial charge in [0.15, 0.2) is 17.2 Å². The summed E-state index contributed by atoms with van der Waals surface area (Å²) in [7, 11) is 3.10. The second-order valence-corrected chi connectivity index (χ2v) is 7.34. The zero-order valence-corrected chi connectivity index (χ0v) is 17.9. The number of halogens is 2. The van der Waals surface area contributed by atoms with Crippen molar-refractivity contribution < 1.29 is 27.5 Å². The van der Waals surface area contributed by atoms with Crippen LogP contribution in [0.3, 0.4) is 0 Å². The number of methoxy groups -OCH3 is 2. The summed E-state index contributed by atoms with van der Waals surface area (Å²) in [5, 5.41) is 5.13. The molecule has 0 N–H and O–H groups in total. The maximum absolute atomic E-state index is 13.7. The molecule has 0 radical (unpaired) electrons. The largest absolute Gasteiger partial charge is 0.496 e. The lowest BCUT2D eigenvalue weighted by Crippen LogP contribution is -1.97. The highest BCUT2D eigenvalue weighted by molar-refractivity contribution is 5.80. The van der Waals surface area contributed by atoms with Crippen LogP contribution in [0.4, 0.5) is 8.78 Å². The van der Waals surface area contributed by atoms with Crippen molar-refractivity contribution in [1.29, 1.82) is 0 Å². The van der Waals surface area contributed by atoms with Gasteiger partial charge in [0, 0.05) is 30.7 Å². The fourth-order valence-corrected chi connectivity index (χ4v) is 3.51. The van der Waals surface area contributed by atoms with Crippen molar-refractivity contribution >= 4 is 11.0 Å². The minimum absolute atomic E-state index is 0.265. The molecule has 1 aromatic heterocycles. The van der Waals surface area contributed by atoms with Gasteiger partial charge in [-0.1, -0.05) is 23.4 Å². The van der Waals surface area contributed by atoms with E-state index in [1.165, 1.54) is 7.11 Å². The lowest BCUT2D eigenvalue weighted by molar-refractivity contribution is 0.194. The van der Waals surface area contributed by atoms with E-state index in [0.717, 1.165) is 47.2 Å². The molecule has 0 unspecified atom stereocenters. The van der Waals surface area contributed by atoms with Crippen molar-refractivity contribution in [1.82, 2.24) is 5.16 Å². The highest BCUT2D eigenvalue weighted by Crippen LogP contribution is 2.33. The quantitative estimate of drug-likeness (QED) is 0.302. The zero-order valence-electron chi connectivity index (χ0n) is 17.9. The molecule has 1 heterocycles. The fraction of sp³-hybridized carbons (Fsp3) is 0.240. The third kappa shape index (κ3) is 4.73. The topological polar surface area (TPSA) is 53.7 Å². The molecule has 0 aliphatic heterocycles. The van der Waals surface area contributed by atoms with E-state index in [9.17, 15) is 8.78 Å². The van der Waals surface area contributed by atoms with Crippen LogP contribution in [-0.2, 0) is 17.8 Å². The highest BCUT2D eigenvalue weighted by atomic mass is 19.2. The van der Waals surface area contributed by atoms with E-state index in [4.69, 9.17) is 18.7 Å². The van der Waals surface area contributed by atoms with Crippen molar-refractivity contribution in [3.05, 3.63) is 77.5 Å². The predicted molar refractivity (Wildman–Crippen MR) is 117 cm³/mol. The molecule has 0 atom stereocenters. The first-order chi connectivity index (χ1) is 15.6. The van der Waals surface area contributed by atoms with Gasteiger partial charge in [-0.2, -0.15) is 0 Å². The third-order valence-electron chi connectivity index (χ3n) is 5.18. The van der Waals surface area contributed by atoms with E-state index in [-0.39, 0.29) is 5.75 Å². The minimum atomic E-state index is -0.947. The first-order valence-electron chi connectivity index (χ1n) is 10.2. The number of ether oxygens (including phenoxy) is 3. The molecule has 0 saturated heterocycles. The first kappa shape index (κ1) is 21.8. The summed E-state index contributed by atoms with van der Waals surface area (Å²) >= 11 is 0. The first-order valence-corrected chi connectivity index (χ1v) is 10.2. The van der Waals surface area contributed by atoms with Gasteiger partial charge in [0.05, 0.1) is 12.8 Å². The number of hydrogen-bond acceptors (Lipinski definition) is 5. The standard InChI is InChI=1S/C25H23F2NO4/c1-29-11-3-4-23-20-12-16(5-10-24(20)32-28-23)15-31-18-8-6-17(7-9-18)19-13-21(26)22(27)14-25(19)30-2/h5-10,12-14H,3-4,11,15H2,1-2H3. The van der Waals surface area contributed by atoms with Crippen molar-refractivity contribution in [2.24, 2.45) is 0 Å². The van der Waals surface area contributed by atoms with Crippen LogP contribution >= 0.6 is 0 Å². The smallest absolute Gasteiger partial charge is 0.167 e. The number of rotatable bonds is 9. The van der Waals surface area contributed by atoms with Gasteiger partial charge in [-0.3, -0.25) is 0 Å². The Kier molecular flexibility index (Phi) is 6.66. The van der Waals surface area contributed by atoms with Crippen LogP contribution in [0, 0.1) is 11.6 Å². The number of fused-ring (bicyclic) bond motifs is 1. The second kappa shape index (κ2) is 9.78. The van der Waals surface area contributed by atoms with Gasteiger partial charge in [-0.25, -0.2) is 8.78 Å². The summed E-state index contributed by atoms with van der Waals surface area (Å²) in [5.74, 6) is -0.953. The maximum atomic E-state index is 13.7. The van der Waals surface area contributed by atoms with E-state index < -0.39 is 11.6 Å². The van der Waals surface area contributed by atoms with Crippen LogP contribution < -0.4 is 9.47 Å². The van der Waals surface area contributed by atoms with Crippen LogP contribution in [-0.4, -0.2) is 26.0 Å². The number of hydrogen-bond donors (Lipinski definition) is 0. The van der Waals surface area contributed by atoms with Crippen LogP contribution in [0.15, 0.2) is 59.1 Å². The average Bonchev–Trinajstić information content (AvgIpc) is 3.22. The lowest BCUT2D eigenvalue weighted by atomic mass is 10.0. The molecular weight excluding hydrogens is 416 g/mol. The predicted octanol–water partition coefficient (Wildman–Crippen LogP) is 5.94. The van der Waals surface area contributed by atoms with Crippen LogP contribution in [0.2, 0.25) is 0 Å². The maximum Gasteiger partial charge on any atom is 0.167 e. The van der Waals surface area contributed by atoms with Gasteiger partial charge in [0.1, 0.15) is 18.1 Å². The highest BCUT2D eigenvalue weighted by Gasteiger charge is 2.13. The Morgan fingerprint density at radius 1 is 0.938 bits per heavy atom. The molecule has 0 aliphatic rings. The molecule has 0 fully saturated rings. The van der Waals surface area contributed by atoms with Crippen molar-refractivity contribution in [3.63, 3.8) is 0 Å². The van der Waals surface area contributed by atoms with Gasteiger partial charge in [-0.15, -0.1) is 0 Å². The van der Waals surface area contributed by atoms with Crippen molar-refractivity contribution in [2.45, 2.75) is 19.4 Å². The van der Waals surface area contributed by atoms with E-state index in [0.29, 0.717) is 30.1 Å². The molecule has 0 saturated carbocycles. The Balaban J connectivity index is 1.46. The summed E-state index contributed by atoms with van der Waals surface area (Å²) in [5.41, 5.74) is 3.80. The van der Waals surface area contributed by atoms with E-state index in [2.05, 4.69) is 5.16 Å². The fourth-order valence-electron chi connectivity index (χ4n) is 3.51. The molecule has 0 amide bonds. The molecule has 0 spiro atoms. The number of aromatic nitrogens is 1. The number of benzene rings is 3. The van der Waals surface area contributed by atoms with E-state index >= 15 is 0 Å². The van der Waals surface area contributed by atoms with Crippen molar-refractivity contribution in [3.8, 4) is 22.6 Å². The summed E-state index contributed by atoms with van der Waals surface area (Å²) in [6.07, 6.45) is 1.65. The van der Waals surface area contributed by atoms with Gasteiger partial charge in [0.2, 0.25) is 0 Å². The second-order valence-electron chi connectivity index (χ2n) is 7.34. The SMILES string of the molecule is COCCCc1noc2ccc(COc3ccc(-c4cc(F)c(F)cc4OC)cc3)cc12. The van der Waals surface area contributed by atoms with E-state index in [1.807, 2.05) is 18.2 Å². The normalized spacial score (nSPS) is 11.1. The zero-order chi connectivity index (χ0) is 22.5. The summed E-state index contributed by atoms with van der Waals surface area (Å²) in [6, 6.07) is 15.1. The molecule has 3 aromatic carbocycles. The Bertz CT molecular complexity index is 1200. The van der Waals surface area contributed by atoms with Crippen LogP contribution in [0.1, 0.15) is 17.7 Å². The Morgan fingerprint density at radius 3 is 2.47 bits per heavy atom. The molecular formula is C25H23F2NO4. The van der Waals surface area contributed by atoms with Gasteiger partial charge in [-0.05, 0) is 54.3 Å². The molecule has 32 heavy (non-hydrogen) atoms. The molecule has 166 valence electrons. The lowest BCUT2D eigenvalue weighted by Gasteiger charge is -2.11. The Morgan fingerprint density at radius 2 is 1.72 bits per heavy atom. The molecule has 7 heteroatoms. The number of aryl methyl sites for hydroxylation is 1. The summed E-state index contributed by atoms with van der Waals surface area (Å²) in [4.78, 5) is 0. The van der Waals surface area contributed by atoms with Gasteiger partial charge in [0.25, 0.3) is 0 Å². The average molecular weight is 439 g/mol. The van der Waals surface area contributed by atoms with Crippen LogP contribution in [0.5, 0.6) is 11.5 Å². The van der Waals surface area contributed by atoms with E-state index in [1.54, 1.807) is 31.4 Å². The van der Waals surface area contributed by atoms with Gasteiger partial charge < -0.3 is 18.7 Å². The third-order valence-corrected chi connectivity index (χ3v) is 5.18. The molecule has 4 rings (SSSR count). The Hall–Kier alpha value is -3.45. The molecule has 5 nitrogen and oxygen atoms in total. The van der Waals surface area contributed by atoms with Gasteiger partial charge >= 0.3 is 0 Å². The monoisotopic (exact) mass is 439 g/mol. The molecule has 0 aliphatic carbocycles. The van der Waals surface area contributed by atoms with Crippen LogP contribution in [0.25, 0.3) is 22.1 Å².